The Morgan fingerprint density at radius 2 is 1.58 bits per heavy atom. The van der Waals surface area contributed by atoms with Gasteiger partial charge in [-0.3, -0.25) is 0 Å². The number of nitrogens with one attached hydrogen (secondary N) is 3. The van der Waals surface area contributed by atoms with Crippen molar-refractivity contribution >= 4 is 21.8 Å². The first-order valence-corrected chi connectivity index (χ1v) is 10.1. The van der Waals surface area contributed by atoms with E-state index < -0.39 is 10.0 Å². The van der Waals surface area contributed by atoms with Gasteiger partial charge in [0.2, 0.25) is 16.0 Å². The van der Waals surface area contributed by atoms with E-state index >= 15 is 0 Å². The lowest BCUT2D eigenvalue weighted by atomic mass is 10.1. The maximum Gasteiger partial charge on any atom is 0.241 e. The minimum absolute atomic E-state index is 0.239. The van der Waals surface area contributed by atoms with E-state index in [1.54, 1.807) is 0 Å². The third-order valence-electron chi connectivity index (χ3n) is 3.79. The third-order valence-corrected chi connectivity index (χ3v) is 5.55. The summed E-state index contributed by atoms with van der Waals surface area (Å²) < 4.78 is 27.9. The van der Waals surface area contributed by atoms with E-state index in [4.69, 9.17) is 0 Å². The zero-order valence-corrected chi connectivity index (χ0v) is 16.8. The fourth-order valence-electron chi connectivity index (χ4n) is 2.94. The average Bonchev–Trinajstić information content (AvgIpc) is 2.50. The Balaban J connectivity index is 2.00. The predicted octanol–water partition coefficient (Wildman–Crippen LogP) is 2.53. The SMILES string of the molecule is CCNc1cc(C)nc(NCCNS(=O)(=O)c2c(C)cc(C)cc2C)n1. The lowest BCUT2D eigenvalue weighted by Gasteiger charge is -2.13. The van der Waals surface area contributed by atoms with E-state index in [9.17, 15) is 8.42 Å². The van der Waals surface area contributed by atoms with Crippen LogP contribution < -0.4 is 15.4 Å². The molecule has 0 saturated heterocycles. The average molecular weight is 378 g/mol. The van der Waals surface area contributed by atoms with Gasteiger partial charge < -0.3 is 10.6 Å². The molecule has 0 saturated carbocycles. The third kappa shape index (κ3) is 5.15. The van der Waals surface area contributed by atoms with E-state index in [0.29, 0.717) is 17.4 Å². The molecule has 1 aromatic carbocycles. The van der Waals surface area contributed by atoms with Gasteiger partial charge in [0.05, 0.1) is 4.90 Å². The molecule has 2 aromatic rings. The minimum atomic E-state index is -3.56. The number of aryl methyl sites for hydroxylation is 4. The highest BCUT2D eigenvalue weighted by molar-refractivity contribution is 7.89. The fourth-order valence-corrected chi connectivity index (χ4v) is 4.42. The molecule has 0 unspecified atom stereocenters. The van der Waals surface area contributed by atoms with Crippen molar-refractivity contribution in [1.29, 1.82) is 0 Å². The molecule has 0 aliphatic carbocycles. The van der Waals surface area contributed by atoms with Crippen molar-refractivity contribution in [3.8, 4) is 0 Å². The summed E-state index contributed by atoms with van der Waals surface area (Å²) in [5.74, 6) is 1.22. The molecule has 0 radical (unpaired) electrons. The Morgan fingerprint density at radius 1 is 0.923 bits per heavy atom. The van der Waals surface area contributed by atoms with Crippen molar-refractivity contribution in [1.82, 2.24) is 14.7 Å². The summed E-state index contributed by atoms with van der Waals surface area (Å²) in [4.78, 5) is 9.00. The first-order chi connectivity index (χ1) is 12.2. The number of anilines is 2. The predicted molar refractivity (Wildman–Crippen MR) is 105 cm³/mol. The molecule has 8 heteroatoms. The molecule has 0 amide bonds. The molecule has 26 heavy (non-hydrogen) atoms. The second kappa shape index (κ2) is 8.46. The first-order valence-electron chi connectivity index (χ1n) is 8.64. The summed E-state index contributed by atoms with van der Waals surface area (Å²) in [6.07, 6.45) is 0. The molecule has 1 aromatic heterocycles. The molecule has 3 N–H and O–H groups in total. The van der Waals surface area contributed by atoms with Gasteiger partial charge in [0, 0.05) is 31.4 Å². The van der Waals surface area contributed by atoms with Crippen LogP contribution in [0.2, 0.25) is 0 Å². The standard InChI is InChI=1S/C18H27N5O2S/c1-6-19-16-11-15(5)22-18(23-16)20-7-8-21-26(24,25)17-13(3)9-12(2)10-14(17)4/h9-11,21H,6-8H2,1-5H3,(H2,19,20,22,23). The molecule has 0 aliphatic heterocycles. The number of hydrogen-bond acceptors (Lipinski definition) is 6. The van der Waals surface area contributed by atoms with Crippen molar-refractivity contribution in [2.45, 2.75) is 39.5 Å². The molecular formula is C18H27N5O2S. The Bertz CT molecular complexity index is 858. The fraction of sp³-hybridized carbons (Fsp3) is 0.444. The van der Waals surface area contributed by atoms with Gasteiger partial charge in [-0.1, -0.05) is 17.7 Å². The molecule has 0 atom stereocenters. The quantitative estimate of drug-likeness (QED) is 0.612. The summed E-state index contributed by atoms with van der Waals surface area (Å²) in [5, 5.41) is 6.20. The van der Waals surface area contributed by atoms with Crippen LogP contribution in [0.5, 0.6) is 0 Å². The Morgan fingerprint density at radius 3 is 2.19 bits per heavy atom. The van der Waals surface area contributed by atoms with Gasteiger partial charge in [-0.05, 0) is 45.7 Å². The van der Waals surface area contributed by atoms with E-state index in [2.05, 4.69) is 25.3 Å². The lowest BCUT2D eigenvalue weighted by molar-refractivity contribution is 0.581. The normalized spacial score (nSPS) is 11.4. The van der Waals surface area contributed by atoms with Crippen LogP contribution in [0.3, 0.4) is 0 Å². The van der Waals surface area contributed by atoms with Crippen LogP contribution in [0.25, 0.3) is 0 Å². The van der Waals surface area contributed by atoms with Gasteiger partial charge in [-0.2, -0.15) is 4.98 Å². The Hall–Kier alpha value is -2.19. The zero-order chi connectivity index (χ0) is 19.3. The number of nitrogens with zero attached hydrogens (tertiary/aromatic N) is 2. The van der Waals surface area contributed by atoms with Gasteiger partial charge in [-0.25, -0.2) is 18.1 Å². The topological polar surface area (TPSA) is 96.0 Å². The highest BCUT2D eigenvalue weighted by Gasteiger charge is 2.19. The molecule has 0 aliphatic rings. The van der Waals surface area contributed by atoms with E-state index in [1.165, 1.54) is 0 Å². The summed E-state index contributed by atoms with van der Waals surface area (Å²) in [5.41, 5.74) is 3.39. The summed E-state index contributed by atoms with van der Waals surface area (Å²) in [6, 6.07) is 5.62. The lowest BCUT2D eigenvalue weighted by Crippen LogP contribution is -2.30. The second-order valence-electron chi connectivity index (χ2n) is 6.30. The summed E-state index contributed by atoms with van der Waals surface area (Å²) in [6.45, 7) is 10.9. The van der Waals surface area contributed by atoms with Crippen molar-refractivity contribution in [2.24, 2.45) is 0 Å². The van der Waals surface area contributed by atoms with E-state index in [0.717, 1.165) is 34.7 Å². The molecule has 142 valence electrons. The van der Waals surface area contributed by atoms with E-state index in [1.807, 2.05) is 52.8 Å². The van der Waals surface area contributed by atoms with Gasteiger partial charge in [-0.15, -0.1) is 0 Å². The van der Waals surface area contributed by atoms with E-state index in [-0.39, 0.29) is 6.54 Å². The number of hydrogen-bond donors (Lipinski definition) is 3. The maximum atomic E-state index is 12.6. The van der Waals surface area contributed by atoms with Crippen LogP contribution in [0, 0.1) is 27.7 Å². The zero-order valence-electron chi connectivity index (χ0n) is 16.0. The Kier molecular flexibility index (Phi) is 6.55. The number of benzene rings is 1. The van der Waals surface area contributed by atoms with Crippen LogP contribution in [-0.4, -0.2) is 38.0 Å². The molecule has 0 fully saturated rings. The van der Waals surface area contributed by atoms with Gasteiger partial charge in [0.25, 0.3) is 0 Å². The molecule has 0 spiro atoms. The van der Waals surface area contributed by atoms with Crippen LogP contribution >= 0.6 is 0 Å². The summed E-state index contributed by atoms with van der Waals surface area (Å²) in [7, 11) is -3.56. The Labute approximate surface area is 155 Å². The molecule has 0 bridgehead atoms. The first kappa shape index (κ1) is 20.1. The van der Waals surface area contributed by atoms with Crippen LogP contribution in [0.1, 0.15) is 29.3 Å². The highest BCUT2D eigenvalue weighted by atomic mass is 32.2. The van der Waals surface area contributed by atoms with Crippen LogP contribution in [0.4, 0.5) is 11.8 Å². The largest absolute Gasteiger partial charge is 0.370 e. The number of sulfonamides is 1. The molecular weight excluding hydrogens is 350 g/mol. The maximum absolute atomic E-state index is 12.6. The number of rotatable bonds is 8. The molecule has 1 heterocycles. The van der Waals surface area contributed by atoms with Crippen molar-refractivity contribution in [3.05, 3.63) is 40.6 Å². The highest BCUT2D eigenvalue weighted by Crippen LogP contribution is 2.21. The van der Waals surface area contributed by atoms with Crippen molar-refractivity contribution in [3.63, 3.8) is 0 Å². The smallest absolute Gasteiger partial charge is 0.241 e. The van der Waals surface area contributed by atoms with Crippen LogP contribution in [0.15, 0.2) is 23.1 Å². The van der Waals surface area contributed by atoms with Crippen molar-refractivity contribution in [2.75, 3.05) is 30.3 Å². The number of aromatic nitrogens is 2. The molecule has 7 nitrogen and oxygen atoms in total. The summed E-state index contributed by atoms with van der Waals surface area (Å²) >= 11 is 0. The van der Waals surface area contributed by atoms with Gasteiger partial charge in [0.1, 0.15) is 5.82 Å². The monoisotopic (exact) mass is 377 g/mol. The van der Waals surface area contributed by atoms with Gasteiger partial charge in [0.15, 0.2) is 0 Å². The van der Waals surface area contributed by atoms with Crippen molar-refractivity contribution < 1.29 is 8.42 Å². The second-order valence-corrected chi connectivity index (χ2v) is 8.00. The minimum Gasteiger partial charge on any atom is -0.370 e. The van der Waals surface area contributed by atoms with Crippen LogP contribution in [-0.2, 0) is 10.0 Å². The molecule has 2 rings (SSSR count). The van der Waals surface area contributed by atoms with Gasteiger partial charge >= 0.3 is 0 Å².